The van der Waals surface area contributed by atoms with Crippen molar-refractivity contribution < 1.29 is 0 Å². The van der Waals surface area contributed by atoms with E-state index < -0.39 is 0 Å². The summed E-state index contributed by atoms with van der Waals surface area (Å²) in [6, 6.07) is 1.98. The molecule has 16 heavy (non-hydrogen) atoms. The van der Waals surface area contributed by atoms with E-state index in [4.69, 9.17) is 11.1 Å². The second-order valence-corrected chi connectivity index (χ2v) is 3.94. The van der Waals surface area contributed by atoms with Crippen LogP contribution >= 0.6 is 0 Å². The molecule has 0 fully saturated rings. The van der Waals surface area contributed by atoms with Crippen LogP contribution in [0.2, 0.25) is 0 Å². The fourth-order valence-corrected chi connectivity index (χ4v) is 1.47. The Morgan fingerprint density at radius 3 is 2.75 bits per heavy atom. The van der Waals surface area contributed by atoms with Gasteiger partial charge in [-0.3, -0.25) is 5.41 Å². The standard InChI is InChI=1S/C11H19N5/c1-4-7-16(8(2)3)11-14-6-5-9(15-11)10(12)13/h5-6,8H,4,7H2,1-3H3,(H3,12,13). The molecule has 0 saturated carbocycles. The summed E-state index contributed by atoms with van der Waals surface area (Å²) in [4.78, 5) is 10.6. The summed E-state index contributed by atoms with van der Waals surface area (Å²) in [5.41, 5.74) is 5.89. The quantitative estimate of drug-likeness (QED) is 0.581. The molecule has 0 unspecified atom stereocenters. The minimum atomic E-state index is -0.0242. The van der Waals surface area contributed by atoms with Crippen LogP contribution in [0.5, 0.6) is 0 Å². The number of amidine groups is 1. The molecule has 0 radical (unpaired) electrons. The lowest BCUT2D eigenvalue weighted by atomic mass is 10.3. The molecule has 1 heterocycles. The third kappa shape index (κ3) is 2.92. The molecule has 88 valence electrons. The van der Waals surface area contributed by atoms with Crippen LogP contribution in [0, 0.1) is 5.41 Å². The summed E-state index contributed by atoms with van der Waals surface area (Å²) < 4.78 is 0. The molecule has 0 spiro atoms. The maximum Gasteiger partial charge on any atom is 0.226 e. The van der Waals surface area contributed by atoms with Gasteiger partial charge in [0.1, 0.15) is 11.5 Å². The van der Waals surface area contributed by atoms with Crippen molar-refractivity contribution in [1.29, 1.82) is 5.41 Å². The van der Waals surface area contributed by atoms with Crippen LogP contribution in [0.15, 0.2) is 12.3 Å². The molecular formula is C11H19N5. The van der Waals surface area contributed by atoms with E-state index in [9.17, 15) is 0 Å². The van der Waals surface area contributed by atoms with E-state index in [1.165, 1.54) is 0 Å². The summed E-state index contributed by atoms with van der Waals surface area (Å²) in [5.74, 6) is 0.619. The summed E-state index contributed by atoms with van der Waals surface area (Å²) in [6.45, 7) is 7.21. The molecular weight excluding hydrogens is 202 g/mol. The topological polar surface area (TPSA) is 78.9 Å². The van der Waals surface area contributed by atoms with Crippen LogP contribution in [0.25, 0.3) is 0 Å². The van der Waals surface area contributed by atoms with E-state index >= 15 is 0 Å². The van der Waals surface area contributed by atoms with Crippen LogP contribution in [-0.2, 0) is 0 Å². The predicted octanol–water partition coefficient (Wildman–Crippen LogP) is 1.39. The van der Waals surface area contributed by atoms with Crippen molar-refractivity contribution in [2.24, 2.45) is 5.73 Å². The number of nitrogens with two attached hydrogens (primary N) is 1. The SMILES string of the molecule is CCCN(c1nccc(C(=N)N)n1)C(C)C. The molecule has 0 bridgehead atoms. The van der Waals surface area contributed by atoms with Crippen LogP contribution in [0.4, 0.5) is 5.95 Å². The minimum absolute atomic E-state index is 0.0242. The molecule has 0 aliphatic carbocycles. The second kappa shape index (κ2) is 5.44. The normalized spacial score (nSPS) is 10.5. The van der Waals surface area contributed by atoms with Gasteiger partial charge in [-0.05, 0) is 26.3 Å². The van der Waals surface area contributed by atoms with E-state index in [1.54, 1.807) is 12.3 Å². The highest BCUT2D eigenvalue weighted by atomic mass is 15.3. The molecule has 0 aliphatic heterocycles. The van der Waals surface area contributed by atoms with Crippen LogP contribution in [0.3, 0.4) is 0 Å². The Labute approximate surface area is 96.2 Å². The van der Waals surface area contributed by atoms with Crippen molar-refractivity contribution in [2.75, 3.05) is 11.4 Å². The molecule has 1 rings (SSSR count). The molecule has 0 atom stereocenters. The summed E-state index contributed by atoms with van der Waals surface area (Å²) in [6.07, 6.45) is 2.68. The van der Waals surface area contributed by atoms with Crippen molar-refractivity contribution in [1.82, 2.24) is 9.97 Å². The first kappa shape index (κ1) is 12.4. The van der Waals surface area contributed by atoms with Gasteiger partial charge in [-0.2, -0.15) is 0 Å². The molecule has 3 N–H and O–H groups in total. The third-order valence-corrected chi connectivity index (χ3v) is 2.26. The Kier molecular flexibility index (Phi) is 4.22. The van der Waals surface area contributed by atoms with Crippen molar-refractivity contribution >= 4 is 11.8 Å². The number of rotatable bonds is 5. The maximum atomic E-state index is 7.35. The number of nitrogens with one attached hydrogen (secondary N) is 1. The van der Waals surface area contributed by atoms with Crippen LogP contribution in [-0.4, -0.2) is 28.4 Å². The lowest BCUT2D eigenvalue weighted by Gasteiger charge is -2.26. The summed E-state index contributed by atoms with van der Waals surface area (Å²) in [5, 5.41) is 7.35. The summed E-state index contributed by atoms with van der Waals surface area (Å²) in [7, 11) is 0. The van der Waals surface area contributed by atoms with Gasteiger partial charge in [0.25, 0.3) is 0 Å². The Bertz CT molecular complexity index is 361. The molecule has 5 nitrogen and oxygen atoms in total. The van der Waals surface area contributed by atoms with E-state index in [1.807, 2.05) is 0 Å². The average molecular weight is 221 g/mol. The molecule has 0 saturated heterocycles. The van der Waals surface area contributed by atoms with Crippen molar-refractivity contribution in [3.8, 4) is 0 Å². The lowest BCUT2D eigenvalue weighted by Crippen LogP contribution is -2.33. The number of aromatic nitrogens is 2. The van der Waals surface area contributed by atoms with Crippen molar-refractivity contribution in [3.05, 3.63) is 18.0 Å². The van der Waals surface area contributed by atoms with Crippen molar-refractivity contribution in [2.45, 2.75) is 33.2 Å². The van der Waals surface area contributed by atoms with E-state index in [2.05, 4.69) is 35.6 Å². The smallest absolute Gasteiger partial charge is 0.226 e. The Hall–Kier alpha value is -1.65. The molecule has 0 aromatic carbocycles. The first-order valence-electron chi connectivity index (χ1n) is 5.50. The second-order valence-electron chi connectivity index (χ2n) is 3.94. The lowest BCUT2D eigenvalue weighted by molar-refractivity contribution is 0.651. The van der Waals surface area contributed by atoms with E-state index in [-0.39, 0.29) is 5.84 Å². The highest BCUT2D eigenvalue weighted by molar-refractivity contribution is 5.93. The zero-order chi connectivity index (χ0) is 12.1. The first-order valence-corrected chi connectivity index (χ1v) is 5.50. The summed E-state index contributed by atoms with van der Waals surface area (Å²) >= 11 is 0. The van der Waals surface area contributed by atoms with Gasteiger partial charge < -0.3 is 10.6 Å². The molecule has 5 heteroatoms. The van der Waals surface area contributed by atoms with Gasteiger partial charge in [0.05, 0.1) is 0 Å². The number of hydrogen-bond donors (Lipinski definition) is 2. The van der Waals surface area contributed by atoms with Gasteiger partial charge in [-0.25, -0.2) is 9.97 Å². The van der Waals surface area contributed by atoms with Gasteiger partial charge in [0.15, 0.2) is 0 Å². The van der Waals surface area contributed by atoms with Gasteiger partial charge in [-0.1, -0.05) is 6.92 Å². The van der Waals surface area contributed by atoms with E-state index in [0.717, 1.165) is 13.0 Å². The molecule has 0 aliphatic rings. The zero-order valence-electron chi connectivity index (χ0n) is 10.1. The number of nitrogen functional groups attached to an aromatic ring is 1. The maximum absolute atomic E-state index is 7.35. The third-order valence-electron chi connectivity index (χ3n) is 2.26. The Morgan fingerprint density at radius 2 is 2.25 bits per heavy atom. The Morgan fingerprint density at radius 1 is 1.56 bits per heavy atom. The average Bonchev–Trinajstić information content (AvgIpc) is 2.25. The fraction of sp³-hybridized carbons (Fsp3) is 0.545. The monoisotopic (exact) mass is 221 g/mol. The minimum Gasteiger partial charge on any atom is -0.382 e. The number of nitrogens with zero attached hydrogens (tertiary/aromatic N) is 3. The fourth-order valence-electron chi connectivity index (χ4n) is 1.47. The van der Waals surface area contributed by atoms with Gasteiger partial charge in [0, 0.05) is 18.8 Å². The number of anilines is 1. The highest BCUT2D eigenvalue weighted by Crippen LogP contribution is 2.11. The van der Waals surface area contributed by atoms with Crippen molar-refractivity contribution in [3.63, 3.8) is 0 Å². The largest absolute Gasteiger partial charge is 0.382 e. The molecule has 1 aromatic rings. The number of hydrogen-bond acceptors (Lipinski definition) is 4. The van der Waals surface area contributed by atoms with Crippen LogP contribution in [0.1, 0.15) is 32.9 Å². The van der Waals surface area contributed by atoms with Gasteiger partial charge in [-0.15, -0.1) is 0 Å². The van der Waals surface area contributed by atoms with Gasteiger partial charge >= 0.3 is 0 Å². The molecule has 1 aromatic heterocycles. The Balaban J connectivity index is 3.00. The first-order chi connectivity index (χ1) is 7.56. The molecule has 0 amide bonds. The van der Waals surface area contributed by atoms with E-state index in [0.29, 0.717) is 17.7 Å². The van der Waals surface area contributed by atoms with Gasteiger partial charge in [0.2, 0.25) is 5.95 Å². The zero-order valence-corrected chi connectivity index (χ0v) is 10.1. The highest BCUT2D eigenvalue weighted by Gasteiger charge is 2.13. The van der Waals surface area contributed by atoms with Crippen LogP contribution < -0.4 is 10.6 Å². The predicted molar refractivity (Wildman–Crippen MR) is 65.8 cm³/mol.